The molecule has 0 spiro atoms. The van der Waals surface area contributed by atoms with Gasteiger partial charge in [0.2, 0.25) is 5.91 Å². The Kier molecular flexibility index (Phi) is 5.65. The third-order valence-electron chi connectivity index (χ3n) is 4.74. The van der Waals surface area contributed by atoms with Crippen molar-refractivity contribution in [3.63, 3.8) is 0 Å². The van der Waals surface area contributed by atoms with E-state index in [2.05, 4.69) is 66.1 Å². The van der Waals surface area contributed by atoms with Crippen LogP contribution in [-0.2, 0) is 11.3 Å². The molecule has 0 bridgehead atoms. The van der Waals surface area contributed by atoms with Crippen molar-refractivity contribution in [3.05, 3.63) is 59.7 Å². The minimum atomic E-state index is 0.155. The van der Waals surface area contributed by atoms with E-state index in [1.165, 1.54) is 23.1 Å². The number of hydrogen-bond donors (Lipinski definition) is 2. The number of carbonyl (C=O) groups is 1. The third kappa shape index (κ3) is 4.68. The molecule has 1 unspecified atom stereocenters. The van der Waals surface area contributed by atoms with E-state index in [1.807, 2.05) is 0 Å². The maximum Gasteiger partial charge on any atom is 0.220 e. The fourth-order valence-corrected chi connectivity index (χ4v) is 3.19. The number of rotatable bonds is 6. The predicted octanol–water partition coefficient (Wildman–Crippen LogP) is 3.67. The Morgan fingerprint density at radius 1 is 1.17 bits per heavy atom. The van der Waals surface area contributed by atoms with Gasteiger partial charge in [-0.15, -0.1) is 0 Å². The normalized spacial score (nSPS) is 17.0. The van der Waals surface area contributed by atoms with E-state index in [0.29, 0.717) is 18.9 Å². The number of carbonyl (C=O) groups excluding carboxylic acids is 1. The molecule has 24 heavy (non-hydrogen) atoms. The highest BCUT2D eigenvalue weighted by atomic mass is 16.1. The van der Waals surface area contributed by atoms with Crippen LogP contribution in [0.25, 0.3) is 11.1 Å². The Labute approximate surface area is 144 Å². The second-order valence-corrected chi connectivity index (χ2v) is 6.74. The molecular weight excluding hydrogens is 296 g/mol. The van der Waals surface area contributed by atoms with E-state index in [4.69, 9.17) is 0 Å². The van der Waals surface area contributed by atoms with Crippen LogP contribution < -0.4 is 10.6 Å². The van der Waals surface area contributed by atoms with Crippen molar-refractivity contribution in [2.75, 3.05) is 13.1 Å². The summed E-state index contributed by atoms with van der Waals surface area (Å²) in [5.74, 6) is 0.822. The summed E-state index contributed by atoms with van der Waals surface area (Å²) >= 11 is 0. The molecule has 3 nitrogen and oxygen atoms in total. The zero-order valence-electron chi connectivity index (χ0n) is 14.3. The SMILES string of the molecule is Cc1ccc(-c2cccc(CNC(=O)CCC3CCNC3)c2)cc1. The van der Waals surface area contributed by atoms with Gasteiger partial charge in [-0.25, -0.2) is 0 Å². The highest BCUT2D eigenvalue weighted by Gasteiger charge is 2.15. The second-order valence-electron chi connectivity index (χ2n) is 6.74. The van der Waals surface area contributed by atoms with Gasteiger partial charge in [0.25, 0.3) is 0 Å². The van der Waals surface area contributed by atoms with Gasteiger partial charge in [0.05, 0.1) is 0 Å². The van der Waals surface area contributed by atoms with Gasteiger partial charge in [-0.3, -0.25) is 4.79 Å². The van der Waals surface area contributed by atoms with Crippen LogP contribution >= 0.6 is 0 Å². The molecule has 3 heteroatoms. The summed E-state index contributed by atoms with van der Waals surface area (Å²) in [5.41, 5.74) is 4.81. The summed E-state index contributed by atoms with van der Waals surface area (Å²) in [4.78, 5) is 12.0. The van der Waals surface area contributed by atoms with Gasteiger partial charge in [-0.1, -0.05) is 48.0 Å². The predicted molar refractivity (Wildman–Crippen MR) is 98.7 cm³/mol. The van der Waals surface area contributed by atoms with E-state index in [0.717, 1.165) is 25.1 Å². The Bertz CT molecular complexity index is 672. The Hall–Kier alpha value is -2.13. The lowest BCUT2D eigenvalue weighted by molar-refractivity contribution is -0.121. The smallest absolute Gasteiger partial charge is 0.220 e. The van der Waals surface area contributed by atoms with Gasteiger partial charge in [0, 0.05) is 13.0 Å². The van der Waals surface area contributed by atoms with Crippen LogP contribution in [0.5, 0.6) is 0 Å². The molecule has 0 aromatic heterocycles. The lowest BCUT2D eigenvalue weighted by Crippen LogP contribution is -2.23. The lowest BCUT2D eigenvalue weighted by Gasteiger charge is -2.10. The molecule has 2 N–H and O–H groups in total. The molecule has 0 radical (unpaired) electrons. The van der Waals surface area contributed by atoms with Crippen molar-refractivity contribution in [2.45, 2.75) is 32.7 Å². The first-order chi connectivity index (χ1) is 11.7. The molecule has 126 valence electrons. The summed E-state index contributed by atoms with van der Waals surface area (Å²) < 4.78 is 0. The molecule has 1 aliphatic rings. The van der Waals surface area contributed by atoms with Crippen molar-refractivity contribution in [1.29, 1.82) is 0 Å². The first-order valence-electron chi connectivity index (χ1n) is 8.84. The van der Waals surface area contributed by atoms with Crippen LogP contribution in [0.3, 0.4) is 0 Å². The molecular formula is C21H26N2O. The van der Waals surface area contributed by atoms with Crippen molar-refractivity contribution >= 4 is 5.91 Å². The van der Waals surface area contributed by atoms with Gasteiger partial charge in [0.15, 0.2) is 0 Å². The van der Waals surface area contributed by atoms with Crippen molar-refractivity contribution in [3.8, 4) is 11.1 Å². The van der Waals surface area contributed by atoms with E-state index in [9.17, 15) is 4.79 Å². The summed E-state index contributed by atoms with van der Waals surface area (Å²) in [7, 11) is 0. The Balaban J connectivity index is 1.52. The molecule has 1 heterocycles. The van der Waals surface area contributed by atoms with E-state index in [-0.39, 0.29) is 5.91 Å². The van der Waals surface area contributed by atoms with E-state index in [1.54, 1.807) is 0 Å². The first-order valence-corrected chi connectivity index (χ1v) is 8.84. The minimum absolute atomic E-state index is 0.155. The fourth-order valence-electron chi connectivity index (χ4n) is 3.19. The van der Waals surface area contributed by atoms with Crippen LogP contribution in [0.1, 0.15) is 30.4 Å². The van der Waals surface area contributed by atoms with Gasteiger partial charge >= 0.3 is 0 Å². The molecule has 0 saturated carbocycles. The van der Waals surface area contributed by atoms with Crippen molar-refractivity contribution in [2.24, 2.45) is 5.92 Å². The number of hydrogen-bond acceptors (Lipinski definition) is 2. The fraction of sp³-hybridized carbons (Fsp3) is 0.381. The quantitative estimate of drug-likeness (QED) is 0.852. The van der Waals surface area contributed by atoms with Crippen molar-refractivity contribution in [1.82, 2.24) is 10.6 Å². The molecule has 1 aliphatic heterocycles. The molecule has 0 aliphatic carbocycles. The zero-order chi connectivity index (χ0) is 16.8. The number of nitrogens with one attached hydrogen (secondary N) is 2. The highest BCUT2D eigenvalue weighted by molar-refractivity contribution is 5.76. The van der Waals surface area contributed by atoms with Crippen molar-refractivity contribution < 1.29 is 4.79 Å². The molecule has 1 amide bonds. The molecule has 1 atom stereocenters. The molecule has 2 aromatic rings. The Morgan fingerprint density at radius 2 is 2.00 bits per heavy atom. The summed E-state index contributed by atoms with van der Waals surface area (Å²) in [6.45, 7) is 4.85. The molecule has 3 rings (SSSR count). The summed E-state index contributed by atoms with van der Waals surface area (Å²) in [6, 6.07) is 16.9. The minimum Gasteiger partial charge on any atom is -0.352 e. The van der Waals surface area contributed by atoms with Crippen LogP contribution in [0.4, 0.5) is 0 Å². The lowest BCUT2D eigenvalue weighted by atomic mass is 10.0. The topological polar surface area (TPSA) is 41.1 Å². The standard InChI is InChI=1S/C21H26N2O/c1-16-5-8-19(9-6-16)20-4-2-3-18(13-20)15-23-21(24)10-7-17-11-12-22-14-17/h2-6,8-9,13,17,22H,7,10-12,14-15H2,1H3,(H,23,24). The van der Waals surface area contributed by atoms with Gasteiger partial charge < -0.3 is 10.6 Å². The zero-order valence-corrected chi connectivity index (χ0v) is 14.3. The average Bonchev–Trinajstić information content (AvgIpc) is 3.13. The monoisotopic (exact) mass is 322 g/mol. The van der Waals surface area contributed by atoms with Gasteiger partial charge in [-0.2, -0.15) is 0 Å². The third-order valence-corrected chi connectivity index (χ3v) is 4.74. The average molecular weight is 322 g/mol. The first kappa shape index (κ1) is 16.7. The van der Waals surface area contributed by atoms with Crippen LogP contribution in [0.2, 0.25) is 0 Å². The van der Waals surface area contributed by atoms with Crippen LogP contribution in [0.15, 0.2) is 48.5 Å². The maximum absolute atomic E-state index is 12.0. The number of benzene rings is 2. The largest absolute Gasteiger partial charge is 0.352 e. The molecule has 1 saturated heterocycles. The number of aryl methyl sites for hydroxylation is 1. The van der Waals surface area contributed by atoms with Gasteiger partial charge in [-0.05, 0) is 61.5 Å². The van der Waals surface area contributed by atoms with E-state index >= 15 is 0 Å². The van der Waals surface area contributed by atoms with Gasteiger partial charge in [0.1, 0.15) is 0 Å². The van der Waals surface area contributed by atoms with Crippen LogP contribution in [-0.4, -0.2) is 19.0 Å². The number of amides is 1. The highest BCUT2D eigenvalue weighted by Crippen LogP contribution is 2.21. The van der Waals surface area contributed by atoms with E-state index < -0.39 is 0 Å². The summed E-state index contributed by atoms with van der Waals surface area (Å²) in [5, 5.41) is 6.40. The summed E-state index contributed by atoms with van der Waals surface area (Å²) in [6.07, 6.45) is 2.82. The molecule has 1 fully saturated rings. The maximum atomic E-state index is 12.0. The Morgan fingerprint density at radius 3 is 2.75 bits per heavy atom. The molecule has 2 aromatic carbocycles. The second kappa shape index (κ2) is 8.11. The van der Waals surface area contributed by atoms with Crippen LogP contribution in [0, 0.1) is 12.8 Å².